The Balaban J connectivity index is 2.00. The minimum Gasteiger partial charge on any atom is -0.399 e. The highest BCUT2D eigenvalue weighted by Crippen LogP contribution is 2.30. The number of aryl methyl sites for hydroxylation is 1. The number of nitrogen functional groups attached to an aromatic ring is 1. The van der Waals surface area contributed by atoms with Crippen LogP contribution in [0, 0.1) is 12.8 Å². The average Bonchev–Trinajstić information content (AvgIpc) is 3.25. The average molecular weight is 289 g/mol. The van der Waals surface area contributed by atoms with Gasteiger partial charge in [0.15, 0.2) is 0 Å². The first-order valence-corrected chi connectivity index (χ1v) is 7.92. The first kappa shape index (κ1) is 15.8. The lowest BCUT2D eigenvalue weighted by atomic mass is 10.1. The lowest BCUT2D eigenvalue weighted by Gasteiger charge is -2.28. The molecule has 4 nitrogen and oxygen atoms in total. The molecule has 2 rings (SSSR count). The molecule has 0 spiro atoms. The van der Waals surface area contributed by atoms with E-state index in [1.54, 1.807) is 0 Å². The Hall–Kier alpha value is -1.55. The summed E-state index contributed by atoms with van der Waals surface area (Å²) in [4.78, 5) is 14.8. The topological polar surface area (TPSA) is 58.4 Å². The van der Waals surface area contributed by atoms with Crippen molar-refractivity contribution in [1.29, 1.82) is 0 Å². The van der Waals surface area contributed by atoms with Crippen LogP contribution in [-0.4, -0.2) is 29.9 Å². The van der Waals surface area contributed by atoms with E-state index < -0.39 is 0 Å². The molecule has 21 heavy (non-hydrogen) atoms. The second kappa shape index (κ2) is 6.94. The number of nitrogens with zero attached hydrogens (tertiary/aromatic N) is 1. The van der Waals surface area contributed by atoms with Crippen LogP contribution >= 0.6 is 0 Å². The van der Waals surface area contributed by atoms with E-state index in [9.17, 15) is 4.79 Å². The number of anilines is 2. The number of rotatable bonds is 7. The molecule has 0 bridgehead atoms. The van der Waals surface area contributed by atoms with Gasteiger partial charge in [-0.2, -0.15) is 0 Å². The van der Waals surface area contributed by atoms with E-state index in [4.69, 9.17) is 5.73 Å². The van der Waals surface area contributed by atoms with E-state index >= 15 is 0 Å². The summed E-state index contributed by atoms with van der Waals surface area (Å²) in [5, 5.41) is 3.02. The molecule has 1 fully saturated rings. The van der Waals surface area contributed by atoms with Gasteiger partial charge >= 0.3 is 0 Å². The molecule has 3 N–H and O–H groups in total. The van der Waals surface area contributed by atoms with Gasteiger partial charge in [-0.1, -0.05) is 13.0 Å². The summed E-state index contributed by atoms with van der Waals surface area (Å²) in [6.45, 7) is 8.15. The monoisotopic (exact) mass is 289 g/mol. The molecule has 0 aromatic heterocycles. The highest BCUT2D eigenvalue weighted by Gasteiger charge is 2.28. The molecule has 1 aliphatic carbocycles. The first-order valence-electron chi connectivity index (χ1n) is 7.92. The number of nitrogens with two attached hydrogens (primary N) is 1. The molecule has 0 radical (unpaired) electrons. The Labute approximate surface area is 127 Å². The zero-order chi connectivity index (χ0) is 15.4. The SMILES string of the molecule is CCCN(CC1CC1)C(C)C(=O)Nc1cc(N)ccc1C. The molecule has 116 valence electrons. The third-order valence-electron chi connectivity index (χ3n) is 4.15. The quantitative estimate of drug-likeness (QED) is 0.759. The third-order valence-corrected chi connectivity index (χ3v) is 4.15. The molecular formula is C17H27N3O. The van der Waals surface area contributed by atoms with Crippen LogP contribution in [0.5, 0.6) is 0 Å². The fraction of sp³-hybridized carbons (Fsp3) is 0.588. The summed E-state index contributed by atoms with van der Waals surface area (Å²) >= 11 is 0. The summed E-state index contributed by atoms with van der Waals surface area (Å²) in [6, 6.07) is 5.51. The highest BCUT2D eigenvalue weighted by atomic mass is 16.2. The molecule has 4 heteroatoms. The van der Waals surface area contributed by atoms with Crippen molar-refractivity contribution in [3.63, 3.8) is 0 Å². The maximum absolute atomic E-state index is 12.5. The molecule has 0 heterocycles. The Morgan fingerprint density at radius 2 is 2.19 bits per heavy atom. The van der Waals surface area contributed by atoms with E-state index in [1.165, 1.54) is 12.8 Å². The molecule has 1 saturated carbocycles. The Morgan fingerprint density at radius 1 is 1.48 bits per heavy atom. The van der Waals surface area contributed by atoms with Gasteiger partial charge in [0.2, 0.25) is 5.91 Å². The van der Waals surface area contributed by atoms with E-state index in [0.29, 0.717) is 5.69 Å². The van der Waals surface area contributed by atoms with Crippen molar-refractivity contribution in [1.82, 2.24) is 4.90 Å². The molecule has 0 saturated heterocycles. The van der Waals surface area contributed by atoms with Crippen molar-refractivity contribution in [2.75, 3.05) is 24.1 Å². The number of nitrogens with one attached hydrogen (secondary N) is 1. The van der Waals surface area contributed by atoms with Crippen molar-refractivity contribution >= 4 is 17.3 Å². The van der Waals surface area contributed by atoms with E-state index in [-0.39, 0.29) is 11.9 Å². The molecule has 1 aliphatic rings. The Kier molecular flexibility index (Phi) is 5.23. The number of hydrogen-bond donors (Lipinski definition) is 2. The first-order chi connectivity index (χ1) is 10.0. The maximum atomic E-state index is 12.5. The van der Waals surface area contributed by atoms with E-state index in [1.807, 2.05) is 32.0 Å². The summed E-state index contributed by atoms with van der Waals surface area (Å²) in [5.41, 5.74) is 8.32. The van der Waals surface area contributed by atoms with Gasteiger partial charge in [0, 0.05) is 17.9 Å². The van der Waals surface area contributed by atoms with Gasteiger partial charge in [-0.05, 0) is 63.3 Å². The smallest absolute Gasteiger partial charge is 0.241 e. The van der Waals surface area contributed by atoms with E-state index in [0.717, 1.165) is 36.7 Å². The minimum atomic E-state index is -0.105. The van der Waals surface area contributed by atoms with E-state index in [2.05, 4.69) is 17.1 Å². The molecule has 1 atom stereocenters. The third kappa shape index (κ3) is 4.46. The van der Waals surface area contributed by atoms with Crippen LogP contribution < -0.4 is 11.1 Å². The lowest BCUT2D eigenvalue weighted by Crippen LogP contribution is -2.43. The highest BCUT2D eigenvalue weighted by molar-refractivity contribution is 5.95. The summed E-state index contributed by atoms with van der Waals surface area (Å²) in [7, 11) is 0. The predicted octanol–water partition coefficient (Wildman–Crippen LogP) is 3.03. The number of carbonyl (C=O) groups excluding carboxylic acids is 1. The van der Waals surface area contributed by atoms with Crippen LogP contribution in [0.2, 0.25) is 0 Å². The number of amides is 1. The molecular weight excluding hydrogens is 262 g/mol. The summed E-state index contributed by atoms with van der Waals surface area (Å²) < 4.78 is 0. The fourth-order valence-electron chi connectivity index (χ4n) is 2.54. The van der Waals surface area contributed by atoms with Gasteiger partial charge in [0.25, 0.3) is 0 Å². The van der Waals surface area contributed by atoms with Crippen LogP contribution in [0.3, 0.4) is 0 Å². The molecule has 1 aromatic carbocycles. The van der Waals surface area contributed by atoms with Gasteiger partial charge in [-0.15, -0.1) is 0 Å². The molecule has 1 amide bonds. The zero-order valence-corrected chi connectivity index (χ0v) is 13.4. The standard InChI is InChI=1S/C17H27N3O/c1-4-9-20(11-14-6-7-14)13(3)17(21)19-16-10-15(18)8-5-12(16)2/h5,8,10,13-14H,4,6-7,9,11,18H2,1-3H3,(H,19,21). The molecule has 0 aliphatic heterocycles. The summed E-state index contributed by atoms with van der Waals surface area (Å²) in [5.74, 6) is 0.846. The molecule has 1 unspecified atom stereocenters. The number of carbonyl (C=O) groups is 1. The van der Waals surface area contributed by atoms with Crippen molar-refractivity contribution < 1.29 is 4.79 Å². The van der Waals surface area contributed by atoms with Crippen molar-refractivity contribution in [3.05, 3.63) is 23.8 Å². The zero-order valence-electron chi connectivity index (χ0n) is 13.4. The lowest BCUT2D eigenvalue weighted by molar-refractivity contribution is -0.120. The number of benzene rings is 1. The van der Waals surface area contributed by atoms with Crippen molar-refractivity contribution in [2.24, 2.45) is 5.92 Å². The predicted molar refractivity (Wildman–Crippen MR) is 88.3 cm³/mol. The molecule has 1 aromatic rings. The summed E-state index contributed by atoms with van der Waals surface area (Å²) in [6.07, 6.45) is 3.69. The minimum absolute atomic E-state index is 0.0535. The normalized spacial score (nSPS) is 16.0. The number of hydrogen-bond acceptors (Lipinski definition) is 3. The van der Waals surface area contributed by atoms with Gasteiger partial charge in [0.05, 0.1) is 6.04 Å². The van der Waals surface area contributed by atoms with Crippen LogP contribution in [-0.2, 0) is 4.79 Å². The van der Waals surface area contributed by atoms with Gasteiger partial charge < -0.3 is 11.1 Å². The van der Waals surface area contributed by atoms with Crippen molar-refractivity contribution in [3.8, 4) is 0 Å². The van der Waals surface area contributed by atoms with Gasteiger partial charge in [-0.3, -0.25) is 9.69 Å². The van der Waals surface area contributed by atoms with Gasteiger partial charge in [0.1, 0.15) is 0 Å². The fourth-order valence-corrected chi connectivity index (χ4v) is 2.54. The second-order valence-corrected chi connectivity index (χ2v) is 6.18. The van der Waals surface area contributed by atoms with Crippen LogP contribution in [0.4, 0.5) is 11.4 Å². The largest absolute Gasteiger partial charge is 0.399 e. The van der Waals surface area contributed by atoms with Crippen LogP contribution in [0.15, 0.2) is 18.2 Å². The second-order valence-electron chi connectivity index (χ2n) is 6.18. The Bertz CT molecular complexity index is 497. The Morgan fingerprint density at radius 3 is 2.81 bits per heavy atom. The van der Waals surface area contributed by atoms with Crippen LogP contribution in [0.25, 0.3) is 0 Å². The maximum Gasteiger partial charge on any atom is 0.241 e. The van der Waals surface area contributed by atoms with Gasteiger partial charge in [-0.25, -0.2) is 0 Å². The van der Waals surface area contributed by atoms with Crippen LogP contribution in [0.1, 0.15) is 38.7 Å². The van der Waals surface area contributed by atoms with Crippen molar-refractivity contribution in [2.45, 2.75) is 46.1 Å².